The summed E-state index contributed by atoms with van der Waals surface area (Å²) in [7, 11) is -3.50. The number of nitrogens with zero attached hydrogens (tertiary/aromatic N) is 1. The van der Waals surface area contributed by atoms with E-state index in [1.165, 1.54) is 12.1 Å². The molecule has 1 heterocycles. The van der Waals surface area contributed by atoms with Crippen molar-refractivity contribution in [2.24, 2.45) is 0 Å². The van der Waals surface area contributed by atoms with Crippen LogP contribution in [0, 0.1) is 0 Å². The lowest BCUT2D eigenvalue weighted by atomic mass is 10.1. The molecule has 0 saturated carbocycles. The van der Waals surface area contributed by atoms with Crippen LogP contribution in [0.15, 0.2) is 29.2 Å². The van der Waals surface area contributed by atoms with Crippen LogP contribution in [-0.4, -0.2) is 51.6 Å². The zero-order valence-corrected chi connectivity index (χ0v) is 17.4. The number of esters is 1. The Hall–Kier alpha value is -1.15. The third-order valence-corrected chi connectivity index (χ3v) is 6.48. The molecule has 8 heteroatoms. The predicted octanol–water partition coefficient (Wildman–Crippen LogP) is 3.21. The molecular weight excluding hydrogens is 388 g/mol. The largest absolute Gasteiger partial charge is 0.466 e. The summed E-state index contributed by atoms with van der Waals surface area (Å²) in [5.41, 5.74) is 0. The molecule has 0 spiro atoms. The molecule has 1 aromatic carbocycles. The van der Waals surface area contributed by atoms with Gasteiger partial charge in [-0.3, -0.25) is 4.79 Å². The maximum atomic E-state index is 12.4. The highest BCUT2D eigenvalue weighted by atomic mass is 35.5. The molecule has 0 unspecified atom stereocenters. The fourth-order valence-electron chi connectivity index (χ4n) is 3.19. The minimum absolute atomic E-state index is 0.0363. The van der Waals surface area contributed by atoms with Crippen molar-refractivity contribution in [3.63, 3.8) is 0 Å². The second-order valence-electron chi connectivity index (χ2n) is 6.81. The minimum Gasteiger partial charge on any atom is -0.466 e. The first-order valence-electron chi connectivity index (χ1n) is 9.56. The van der Waals surface area contributed by atoms with E-state index in [1.54, 1.807) is 12.1 Å². The van der Waals surface area contributed by atoms with Gasteiger partial charge in [-0.05, 0) is 76.5 Å². The van der Waals surface area contributed by atoms with Crippen molar-refractivity contribution in [3.05, 3.63) is 29.3 Å². The third kappa shape index (κ3) is 7.78. The lowest BCUT2D eigenvalue weighted by molar-refractivity contribution is -0.143. The van der Waals surface area contributed by atoms with Gasteiger partial charge in [0.05, 0.1) is 11.5 Å². The number of likely N-dealkylation sites (tertiary alicyclic amines) is 1. The number of halogens is 1. The molecule has 1 N–H and O–H groups in total. The molecule has 27 heavy (non-hydrogen) atoms. The van der Waals surface area contributed by atoms with E-state index in [0.29, 0.717) is 18.1 Å². The molecule has 1 aromatic rings. The molecule has 152 valence electrons. The van der Waals surface area contributed by atoms with Gasteiger partial charge in [-0.25, -0.2) is 13.1 Å². The summed E-state index contributed by atoms with van der Waals surface area (Å²) in [6.07, 6.45) is 4.99. The number of rotatable bonds is 10. The highest BCUT2D eigenvalue weighted by molar-refractivity contribution is 7.89. The molecule has 1 saturated heterocycles. The first-order chi connectivity index (χ1) is 12.9. The van der Waals surface area contributed by atoms with E-state index in [0.717, 1.165) is 51.7 Å². The molecule has 0 amide bonds. The number of carbonyl (C=O) groups is 1. The Labute approximate surface area is 167 Å². The quantitative estimate of drug-likeness (QED) is 0.468. The zero-order valence-electron chi connectivity index (χ0n) is 15.8. The maximum absolute atomic E-state index is 12.4. The van der Waals surface area contributed by atoms with Gasteiger partial charge >= 0.3 is 5.97 Å². The van der Waals surface area contributed by atoms with Crippen molar-refractivity contribution in [3.8, 4) is 0 Å². The van der Waals surface area contributed by atoms with E-state index in [-0.39, 0.29) is 16.9 Å². The molecule has 0 bridgehead atoms. The van der Waals surface area contributed by atoms with Crippen LogP contribution in [0.4, 0.5) is 0 Å². The first kappa shape index (κ1) is 22.1. The van der Waals surface area contributed by atoms with Gasteiger partial charge in [-0.15, -0.1) is 0 Å². The number of benzene rings is 1. The van der Waals surface area contributed by atoms with Crippen molar-refractivity contribution in [1.82, 2.24) is 9.62 Å². The third-order valence-electron chi connectivity index (χ3n) is 4.69. The van der Waals surface area contributed by atoms with Gasteiger partial charge in [0.15, 0.2) is 0 Å². The summed E-state index contributed by atoms with van der Waals surface area (Å²) in [5.74, 6) is -0.119. The SMILES string of the molecule is CCOC(=O)CCCCCN1CCC(NS(=O)(=O)c2ccc(Cl)cc2)CC1. The van der Waals surface area contributed by atoms with Crippen LogP contribution in [0.3, 0.4) is 0 Å². The average molecular weight is 417 g/mol. The fraction of sp³-hybridized carbons (Fsp3) is 0.632. The Kier molecular flexibility index (Phi) is 9.02. The Morgan fingerprint density at radius 1 is 1.19 bits per heavy atom. The second kappa shape index (κ2) is 11.0. The molecule has 0 radical (unpaired) electrons. The molecule has 0 atom stereocenters. The Balaban J connectivity index is 1.65. The van der Waals surface area contributed by atoms with Crippen LogP contribution in [-0.2, 0) is 19.6 Å². The molecule has 1 aliphatic heterocycles. The standard InChI is InChI=1S/C19H29ClN2O4S/c1-2-26-19(23)6-4-3-5-13-22-14-11-17(12-15-22)21-27(24,25)18-9-7-16(20)8-10-18/h7-10,17,21H,2-6,11-15H2,1H3. The predicted molar refractivity (Wildman–Crippen MR) is 106 cm³/mol. The van der Waals surface area contributed by atoms with Crippen LogP contribution < -0.4 is 4.72 Å². The molecule has 1 fully saturated rings. The van der Waals surface area contributed by atoms with E-state index in [4.69, 9.17) is 16.3 Å². The average Bonchev–Trinajstić information content (AvgIpc) is 2.63. The smallest absolute Gasteiger partial charge is 0.305 e. The summed E-state index contributed by atoms with van der Waals surface area (Å²) in [4.78, 5) is 13.9. The molecule has 6 nitrogen and oxygen atoms in total. The highest BCUT2D eigenvalue weighted by Gasteiger charge is 2.24. The van der Waals surface area contributed by atoms with Gasteiger partial charge in [0, 0.05) is 17.5 Å². The van der Waals surface area contributed by atoms with Crippen LogP contribution in [0.5, 0.6) is 0 Å². The number of piperidine rings is 1. The van der Waals surface area contributed by atoms with E-state index in [1.807, 2.05) is 6.92 Å². The number of hydrogen-bond acceptors (Lipinski definition) is 5. The lowest BCUT2D eigenvalue weighted by Gasteiger charge is -2.32. The van der Waals surface area contributed by atoms with Crippen LogP contribution in [0.25, 0.3) is 0 Å². The van der Waals surface area contributed by atoms with E-state index in [9.17, 15) is 13.2 Å². The topological polar surface area (TPSA) is 75.7 Å². The normalized spacial score (nSPS) is 16.4. The van der Waals surface area contributed by atoms with Crippen LogP contribution in [0.2, 0.25) is 5.02 Å². The Morgan fingerprint density at radius 2 is 1.85 bits per heavy atom. The van der Waals surface area contributed by atoms with Crippen molar-refractivity contribution in [2.45, 2.75) is 56.4 Å². The zero-order chi connectivity index (χ0) is 19.7. The van der Waals surface area contributed by atoms with Crippen molar-refractivity contribution in [2.75, 3.05) is 26.2 Å². The van der Waals surface area contributed by atoms with E-state index in [2.05, 4.69) is 9.62 Å². The molecule has 0 aromatic heterocycles. The van der Waals surface area contributed by atoms with Gasteiger partial charge in [0.25, 0.3) is 0 Å². The van der Waals surface area contributed by atoms with Gasteiger partial charge in [-0.1, -0.05) is 18.0 Å². The van der Waals surface area contributed by atoms with Crippen molar-refractivity contribution < 1.29 is 17.9 Å². The lowest BCUT2D eigenvalue weighted by Crippen LogP contribution is -2.44. The number of sulfonamides is 1. The number of carbonyl (C=O) groups excluding carboxylic acids is 1. The first-order valence-corrected chi connectivity index (χ1v) is 11.4. The van der Waals surface area contributed by atoms with Crippen molar-refractivity contribution in [1.29, 1.82) is 0 Å². The molecule has 0 aliphatic carbocycles. The summed E-state index contributed by atoms with van der Waals surface area (Å²) in [6, 6.07) is 6.18. The van der Waals surface area contributed by atoms with E-state index < -0.39 is 10.0 Å². The van der Waals surface area contributed by atoms with Crippen LogP contribution >= 0.6 is 11.6 Å². The summed E-state index contributed by atoms with van der Waals surface area (Å²) in [5, 5.41) is 0.518. The summed E-state index contributed by atoms with van der Waals surface area (Å²) >= 11 is 5.82. The minimum atomic E-state index is -3.50. The number of hydrogen-bond donors (Lipinski definition) is 1. The van der Waals surface area contributed by atoms with Crippen molar-refractivity contribution >= 4 is 27.6 Å². The van der Waals surface area contributed by atoms with Gasteiger partial charge < -0.3 is 9.64 Å². The van der Waals surface area contributed by atoms with Gasteiger partial charge in [-0.2, -0.15) is 0 Å². The second-order valence-corrected chi connectivity index (χ2v) is 8.96. The van der Waals surface area contributed by atoms with E-state index >= 15 is 0 Å². The number of nitrogens with one attached hydrogen (secondary N) is 1. The number of ether oxygens (including phenoxy) is 1. The Bertz CT molecular complexity index is 686. The van der Waals surface area contributed by atoms with Gasteiger partial charge in [0.2, 0.25) is 10.0 Å². The maximum Gasteiger partial charge on any atom is 0.305 e. The highest BCUT2D eigenvalue weighted by Crippen LogP contribution is 2.17. The fourth-order valence-corrected chi connectivity index (χ4v) is 4.62. The molecular formula is C19H29ClN2O4S. The monoisotopic (exact) mass is 416 g/mol. The summed E-state index contributed by atoms with van der Waals surface area (Å²) in [6.45, 7) is 5.00. The number of unbranched alkanes of at least 4 members (excludes halogenated alkanes) is 2. The molecule has 1 aliphatic rings. The van der Waals surface area contributed by atoms with Gasteiger partial charge in [0.1, 0.15) is 0 Å². The van der Waals surface area contributed by atoms with Crippen LogP contribution in [0.1, 0.15) is 45.4 Å². The Morgan fingerprint density at radius 3 is 2.48 bits per heavy atom. The summed E-state index contributed by atoms with van der Waals surface area (Å²) < 4.78 is 32.6. The molecule has 2 rings (SSSR count).